The predicted octanol–water partition coefficient (Wildman–Crippen LogP) is 2.05. The quantitative estimate of drug-likeness (QED) is 0.925. The minimum atomic E-state index is -1.05. The lowest BCUT2D eigenvalue weighted by molar-refractivity contribution is 0.0155. The molecule has 5 nitrogen and oxygen atoms in total. The molecule has 1 aromatic rings. The van der Waals surface area contributed by atoms with Crippen LogP contribution in [0.5, 0.6) is 0 Å². The number of rotatable bonds is 3. The normalized spacial score (nSPS) is 20.2. The van der Waals surface area contributed by atoms with E-state index in [4.69, 9.17) is 9.84 Å². The third-order valence-corrected chi connectivity index (χ3v) is 3.26. The molecule has 1 N–H and O–H groups in total. The van der Waals surface area contributed by atoms with Crippen LogP contribution in [-0.2, 0) is 11.2 Å². The zero-order valence-electron chi connectivity index (χ0n) is 9.23. The standard InChI is InChI=1S/C11H13BrN2O3/c12-8-6-13-9(14-10(8)11(15)16)5-7-3-1-2-4-17-7/h6-7H,1-5H2,(H,15,16). The van der Waals surface area contributed by atoms with Gasteiger partial charge in [-0.1, -0.05) is 0 Å². The number of aromatic nitrogens is 2. The van der Waals surface area contributed by atoms with Crippen molar-refractivity contribution in [1.29, 1.82) is 0 Å². The van der Waals surface area contributed by atoms with Crippen molar-refractivity contribution in [3.05, 3.63) is 22.2 Å². The largest absolute Gasteiger partial charge is 0.476 e. The average Bonchev–Trinajstić information content (AvgIpc) is 2.32. The van der Waals surface area contributed by atoms with Crippen molar-refractivity contribution >= 4 is 21.9 Å². The third-order valence-electron chi connectivity index (χ3n) is 2.68. The second-order valence-electron chi connectivity index (χ2n) is 3.98. The number of halogens is 1. The molecule has 0 aromatic carbocycles. The van der Waals surface area contributed by atoms with E-state index >= 15 is 0 Å². The van der Waals surface area contributed by atoms with E-state index in [1.165, 1.54) is 6.20 Å². The molecule has 0 amide bonds. The monoisotopic (exact) mass is 300 g/mol. The predicted molar refractivity (Wildman–Crippen MR) is 64.0 cm³/mol. The van der Waals surface area contributed by atoms with Crippen molar-refractivity contribution in [3.8, 4) is 0 Å². The number of aromatic carboxylic acids is 1. The maximum Gasteiger partial charge on any atom is 0.355 e. The number of hydrogen-bond acceptors (Lipinski definition) is 4. The first kappa shape index (κ1) is 12.4. The summed E-state index contributed by atoms with van der Waals surface area (Å²) in [4.78, 5) is 19.1. The molecule has 1 unspecified atom stereocenters. The minimum absolute atomic E-state index is 0.00538. The molecule has 0 aliphatic carbocycles. The number of carbonyl (C=O) groups is 1. The molecule has 2 heterocycles. The van der Waals surface area contributed by atoms with Crippen molar-refractivity contribution in [2.45, 2.75) is 31.8 Å². The van der Waals surface area contributed by atoms with Gasteiger partial charge in [-0.25, -0.2) is 14.8 Å². The van der Waals surface area contributed by atoms with Crippen LogP contribution in [0, 0.1) is 0 Å². The molecule has 1 saturated heterocycles. The van der Waals surface area contributed by atoms with Crippen molar-refractivity contribution < 1.29 is 14.6 Å². The Bertz CT molecular complexity index is 419. The first-order valence-electron chi connectivity index (χ1n) is 5.53. The van der Waals surface area contributed by atoms with Crippen LogP contribution in [0.4, 0.5) is 0 Å². The first-order valence-corrected chi connectivity index (χ1v) is 6.32. The van der Waals surface area contributed by atoms with E-state index in [9.17, 15) is 4.79 Å². The Morgan fingerprint density at radius 2 is 2.41 bits per heavy atom. The minimum Gasteiger partial charge on any atom is -0.476 e. The van der Waals surface area contributed by atoms with Crippen LogP contribution in [0.1, 0.15) is 35.6 Å². The van der Waals surface area contributed by atoms with Gasteiger partial charge in [0.2, 0.25) is 0 Å². The maximum absolute atomic E-state index is 10.9. The summed E-state index contributed by atoms with van der Waals surface area (Å²) in [7, 11) is 0. The van der Waals surface area contributed by atoms with Gasteiger partial charge in [0.05, 0.1) is 10.6 Å². The SMILES string of the molecule is O=C(O)c1nc(CC2CCCCO2)ncc1Br. The lowest BCUT2D eigenvalue weighted by atomic mass is 10.1. The van der Waals surface area contributed by atoms with E-state index in [1.807, 2.05) is 0 Å². The molecule has 2 rings (SSSR count). The van der Waals surface area contributed by atoms with Crippen molar-refractivity contribution in [2.24, 2.45) is 0 Å². The molecule has 0 bridgehead atoms. The molecule has 1 atom stereocenters. The van der Waals surface area contributed by atoms with Crippen molar-refractivity contribution in [1.82, 2.24) is 9.97 Å². The summed E-state index contributed by atoms with van der Waals surface area (Å²) < 4.78 is 5.97. The number of ether oxygens (including phenoxy) is 1. The van der Waals surface area contributed by atoms with Gasteiger partial charge in [-0.05, 0) is 35.2 Å². The molecular formula is C11H13BrN2O3. The lowest BCUT2D eigenvalue weighted by Gasteiger charge is -2.21. The fraction of sp³-hybridized carbons (Fsp3) is 0.545. The smallest absolute Gasteiger partial charge is 0.355 e. The fourth-order valence-corrected chi connectivity index (χ4v) is 2.18. The second kappa shape index (κ2) is 5.55. The van der Waals surface area contributed by atoms with Gasteiger partial charge < -0.3 is 9.84 Å². The lowest BCUT2D eigenvalue weighted by Crippen LogP contribution is -2.23. The Labute approximate surface area is 107 Å². The summed E-state index contributed by atoms with van der Waals surface area (Å²) in [5, 5.41) is 8.94. The van der Waals surface area contributed by atoms with Crippen LogP contribution < -0.4 is 0 Å². The van der Waals surface area contributed by atoms with Crippen LogP contribution in [0.3, 0.4) is 0 Å². The van der Waals surface area contributed by atoms with E-state index < -0.39 is 5.97 Å². The van der Waals surface area contributed by atoms with Gasteiger partial charge in [0.1, 0.15) is 5.82 Å². The Kier molecular flexibility index (Phi) is 4.06. The van der Waals surface area contributed by atoms with E-state index in [0.717, 1.165) is 25.9 Å². The van der Waals surface area contributed by atoms with Crippen LogP contribution in [0.2, 0.25) is 0 Å². The zero-order valence-corrected chi connectivity index (χ0v) is 10.8. The molecule has 1 aliphatic heterocycles. The van der Waals surface area contributed by atoms with Gasteiger partial charge in [-0.15, -0.1) is 0 Å². The van der Waals surface area contributed by atoms with Gasteiger partial charge in [0, 0.05) is 19.2 Å². The third kappa shape index (κ3) is 3.23. The van der Waals surface area contributed by atoms with Gasteiger partial charge in [-0.3, -0.25) is 0 Å². The molecule has 1 aliphatic rings. The van der Waals surface area contributed by atoms with E-state index in [2.05, 4.69) is 25.9 Å². The van der Waals surface area contributed by atoms with Crippen molar-refractivity contribution in [2.75, 3.05) is 6.61 Å². The molecule has 0 radical (unpaired) electrons. The van der Waals surface area contributed by atoms with E-state index in [0.29, 0.717) is 16.7 Å². The van der Waals surface area contributed by atoms with Gasteiger partial charge in [0.15, 0.2) is 5.69 Å². The summed E-state index contributed by atoms with van der Waals surface area (Å²) >= 11 is 3.12. The first-order chi connectivity index (χ1) is 8.16. The Morgan fingerprint density at radius 3 is 3.06 bits per heavy atom. The number of hydrogen-bond donors (Lipinski definition) is 1. The van der Waals surface area contributed by atoms with Crippen LogP contribution in [0.25, 0.3) is 0 Å². The Morgan fingerprint density at radius 1 is 1.59 bits per heavy atom. The van der Waals surface area contributed by atoms with Crippen LogP contribution >= 0.6 is 15.9 Å². The van der Waals surface area contributed by atoms with E-state index in [-0.39, 0.29) is 11.8 Å². The Hall–Kier alpha value is -1.01. The topological polar surface area (TPSA) is 72.3 Å². The molecule has 17 heavy (non-hydrogen) atoms. The molecule has 1 fully saturated rings. The highest BCUT2D eigenvalue weighted by molar-refractivity contribution is 9.10. The summed E-state index contributed by atoms with van der Waals surface area (Å²) in [6.45, 7) is 0.771. The van der Waals surface area contributed by atoms with Crippen molar-refractivity contribution in [3.63, 3.8) is 0 Å². The summed E-state index contributed by atoms with van der Waals surface area (Å²) in [6, 6.07) is 0. The number of nitrogens with zero attached hydrogens (tertiary/aromatic N) is 2. The zero-order chi connectivity index (χ0) is 12.3. The van der Waals surface area contributed by atoms with E-state index in [1.54, 1.807) is 0 Å². The van der Waals surface area contributed by atoms with Gasteiger partial charge >= 0.3 is 5.97 Å². The summed E-state index contributed by atoms with van der Waals surface area (Å²) in [5.41, 5.74) is 0.00538. The number of carboxylic acid groups (broad SMARTS) is 1. The molecule has 0 spiro atoms. The average molecular weight is 301 g/mol. The van der Waals surface area contributed by atoms with Crippen LogP contribution in [-0.4, -0.2) is 33.8 Å². The highest BCUT2D eigenvalue weighted by Gasteiger charge is 2.18. The molecule has 6 heteroatoms. The number of carboxylic acids is 1. The summed E-state index contributed by atoms with van der Waals surface area (Å²) in [5.74, 6) is -0.525. The van der Waals surface area contributed by atoms with Crippen LogP contribution in [0.15, 0.2) is 10.7 Å². The molecule has 0 saturated carbocycles. The molecule has 92 valence electrons. The Balaban J connectivity index is 2.10. The van der Waals surface area contributed by atoms with Gasteiger partial charge in [0.25, 0.3) is 0 Å². The highest BCUT2D eigenvalue weighted by Crippen LogP contribution is 2.18. The second-order valence-corrected chi connectivity index (χ2v) is 4.83. The highest BCUT2D eigenvalue weighted by atomic mass is 79.9. The maximum atomic E-state index is 10.9. The molecule has 1 aromatic heterocycles. The fourth-order valence-electron chi connectivity index (χ4n) is 1.82. The molecular weight excluding hydrogens is 288 g/mol. The van der Waals surface area contributed by atoms with Gasteiger partial charge in [-0.2, -0.15) is 0 Å². The summed E-state index contributed by atoms with van der Waals surface area (Å²) in [6.07, 6.45) is 5.40.